The number of rotatable bonds is 3. The highest BCUT2D eigenvalue weighted by Gasteiger charge is 2.30. The molecular formula is C19H28N2O3. The van der Waals surface area contributed by atoms with Crippen LogP contribution in [0.3, 0.4) is 0 Å². The van der Waals surface area contributed by atoms with E-state index in [4.69, 9.17) is 4.74 Å². The van der Waals surface area contributed by atoms with Crippen molar-refractivity contribution in [3.05, 3.63) is 29.3 Å². The summed E-state index contributed by atoms with van der Waals surface area (Å²) >= 11 is 0. The van der Waals surface area contributed by atoms with Gasteiger partial charge in [0.25, 0.3) is 5.91 Å². The molecule has 0 saturated carbocycles. The van der Waals surface area contributed by atoms with Gasteiger partial charge in [-0.15, -0.1) is 0 Å². The van der Waals surface area contributed by atoms with E-state index in [1.165, 1.54) is 0 Å². The molecule has 0 bridgehead atoms. The van der Waals surface area contributed by atoms with E-state index >= 15 is 0 Å². The van der Waals surface area contributed by atoms with Gasteiger partial charge in [0.2, 0.25) is 0 Å². The maximum Gasteiger partial charge on any atom is 0.254 e. The van der Waals surface area contributed by atoms with Crippen molar-refractivity contribution in [2.45, 2.75) is 32.7 Å². The molecule has 0 radical (unpaired) electrons. The lowest BCUT2D eigenvalue weighted by Gasteiger charge is -2.41. The van der Waals surface area contributed by atoms with Crippen LogP contribution in [0.25, 0.3) is 0 Å². The smallest absolute Gasteiger partial charge is 0.254 e. The standard InChI is InChI=1S/C19H28N2O3/c1-14-17(4-3-5-18(14)22)19(23)21-8-6-16(7-9-21)15(2)20-10-12-24-13-11-20/h3-5,15-16,22H,6-13H2,1-2H3. The van der Waals surface area contributed by atoms with Crippen LogP contribution in [0.15, 0.2) is 18.2 Å². The molecule has 1 N–H and O–H groups in total. The van der Waals surface area contributed by atoms with Crippen molar-refractivity contribution >= 4 is 5.91 Å². The van der Waals surface area contributed by atoms with Gasteiger partial charge in [0.15, 0.2) is 0 Å². The molecule has 0 aliphatic carbocycles. The highest BCUT2D eigenvalue weighted by atomic mass is 16.5. The summed E-state index contributed by atoms with van der Waals surface area (Å²) in [5.74, 6) is 0.870. The number of nitrogens with zero attached hydrogens (tertiary/aromatic N) is 2. The highest BCUT2D eigenvalue weighted by Crippen LogP contribution is 2.27. The van der Waals surface area contributed by atoms with Gasteiger partial charge in [0.05, 0.1) is 13.2 Å². The van der Waals surface area contributed by atoms with E-state index in [-0.39, 0.29) is 11.7 Å². The number of piperidine rings is 1. The second kappa shape index (κ2) is 7.53. The Morgan fingerprint density at radius 1 is 1.21 bits per heavy atom. The van der Waals surface area contributed by atoms with Gasteiger partial charge >= 0.3 is 0 Å². The molecule has 2 aliphatic rings. The summed E-state index contributed by atoms with van der Waals surface area (Å²) in [6.07, 6.45) is 2.09. The van der Waals surface area contributed by atoms with Gasteiger partial charge in [-0.2, -0.15) is 0 Å². The van der Waals surface area contributed by atoms with Crippen molar-refractivity contribution in [2.24, 2.45) is 5.92 Å². The third kappa shape index (κ3) is 3.57. The van der Waals surface area contributed by atoms with Crippen LogP contribution in [0.2, 0.25) is 0 Å². The number of carbonyl (C=O) groups is 1. The first-order valence-electron chi connectivity index (χ1n) is 8.97. The Bertz CT molecular complexity index is 576. The molecular weight excluding hydrogens is 304 g/mol. The van der Waals surface area contributed by atoms with Crippen LogP contribution in [-0.4, -0.2) is 66.2 Å². The van der Waals surface area contributed by atoms with Gasteiger partial charge in [-0.25, -0.2) is 0 Å². The van der Waals surface area contributed by atoms with Crippen LogP contribution in [-0.2, 0) is 4.74 Å². The van der Waals surface area contributed by atoms with Crippen molar-refractivity contribution in [1.29, 1.82) is 0 Å². The largest absolute Gasteiger partial charge is 0.508 e. The summed E-state index contributed by atoms with van der Waals surface area (Å²) in [6, 6.07) is 5.72. The van der Waals surface area contributed by atoms with Gasteiger partial charge in [-0.3, -0.25) is 9.69 Å². The Balaban J connectivity index is 1.58. The number of likely N-dealkylation sites (tertiary alicyclic amines) is 1. The molecule has 1 amide bonds. The molecule has 5 nitrogen and oxygen atoms in total. The van der Waals surface area contributed by atoms with E-state index < -0.39 is 0 Å². The third-order valence-corrected chi connectivity index (χ3v) is 5.67. The number of morpholine rings is 1. The van der Waals surface area contributed by atoms with E-state index in [1.54, 1.807) is 25.1 Å². The maximum absolute atomic E-state index is 12.7. The van der Waals surface area contributed by atoms with Gasteiger partial charge < -0.3 is 14.7 Å². The molecule has 2 fully saturated rings. The lowest BCUT2D eigenvalue weighted by atomic mass is 9.88. The zero-order chi connectivity index (χ0) is 17.1. The van der Waals surface area contributed by atoms with Crippen molar-refractivity contribution in [3.63, 3.8) is 0 Å². The number of carbonyl (C=O) groups excluding carboxylic acids is 1. The quantitative estimate of drug-likeness (QED) is 0.923. The third-order valence-electron chi connectivity index (χ3n) is 5.67. The van der Waals surface area contributed by atoms with Crippen molar-refractivity contribution in [3.8, 4) is 5.75 Å². The lowest BCUT2D eigenvalue weighted by Crippen LogP contribution is -2.49. The summed E-state index contributed by atoms with van der Waals surface area (Å²) in [5, 5.41) is 9.82. The average Bonchev–Trinajstić information content (AvgIpc) is 2.64. The number of ether oxygens (including phenoxy) is 1. The Morgan fingerprint density at radius 2 is 1.88 bits per heavy atom. The number of hydrogen-bond donors (Lipinski definition) is 1. The number of phenolic OH excluding ortho intramolecular Hbond substituents is 1. The van der Waals surface area contributed by atoms with E-state index in [0.29, 0.717) is 23.1 Å². The first kappa shape index (κ1) is 17.2. The number of aromatic hydroxyl groups is 1. The summed E-state index contributed by atoms with van der Waals surface area (Å²) < 4.78 is 5.44. The van der Waals surface area contributed by atoms with Gasteiger partial charge in [0, 0.05) is 43.3 Å². The minimum absolute atomic E-state index is 0.0425. The van der Waals surface area contributed by atoms with E-state index in [9.17, 15) is 9.90 Å². The molecule has 3 rings (SSSR count). The Kier molecular flexibility index (Phi) is 5.41. The Hall–Kier alpha value is -1.59. The topological polar surface area (TPSA) is 53.0 Å². The second-order valence-corrected chi connectivity index (χ2v) is 6.97. The van der Waals surface area contributed by atoms with Crippen LogP contribution < -0.4 is 0 Å². The fourth-order valence-electron chi connectivity index (χ4n) is 3.89. The monoisotopic (exact) mass is 332 g/mol. The fourth-order valence-corrected chi connectivity index (χ4v) is 3.89. The number of amides is 1. The predicted octanol–water partition coefficient (Wildman–Crippen LogP) is 2.27. The normalized spacial score (nSPS) is 21.7. The van der Waals surface area contributed by atoms with Crippen LogP contribution in [0, 0.1) is 12.8 Å². The van der Waals surface area contributed by atoms with Crippen molar-refractivity contribution < 1.29 is 14.6 Å². The molecule has 2 saturated heterocycles. The fraction of sp³-hybridized carbons (Fsp3) is 0.632. The van der Waals surface area contributed by atoms with Gasteiger partial charge in [0.1, 0.15) is 5.75 Å². The molecule has 2 aliphatic heterocycles. The second-order valence-electron chi connectivity index (χ2n) is 6.97. The number of phenols is 1. The summed E-state index contributed by atoms with van der Waals surface area (Å²) in [4.78, 5) is 17.2. The van der Waals surface area contributed by atoms with Crippen molar-refractivity contribution in [1.82, 2.24) is 9.80 Å². The average molecular weight is 332 g/mol. The number of hydrogen-bond acceptors (Lipinski definition) is 4. The zero-order valence-corrected chi connectivity index (χ0v) is 14.7. The first-order chi connectivity index (χ1) is 11.6. The molecule has 24 heavy (non-hydrogen) atoms. The van der Waals surface area contributed by atoms with Crippen LogP contribution >= 0.6 is 0 Å². The first-order valence-corrected chi connectivity index (χ1v) is 8.97. The zero-order valence-electron chi connectivity index (χ0n) is 14.7. The minimum atomic E-state index is 0.0425. The van der Waals surface area contributed by atoms with E-state index in [1.807, 2.05) is 4.90 Å². The SMILES string of the molecule is Cc1c(O)cccc1C(=O)N1CCC(C(C)N2CCOCC2)CC1. The predicted molar refractivity (Wildman–Crippen MR) is 93.3 cm³/mol. The molecule has 0 spiro atoms. The summed E-state index contributed by atoms with van der Waals surface area (Å²) in [6.45, 7) is 9.41. The van der Waals surface area contributed by atoms with Crippen LogP contribution in [0.4, 0.5) is 0 Å². The Labute approximate surface area is 144 Å². The molecule has 1 unspecified atom stereocenters. The minimum Gasteiger partial charge on any atom is -0.508 e. The van der Waals surface area contributed by atoms with Crippen molar-refractivity contribution in [2.75, 3.05) is 39.4 Å². The molecule has 0 aromatic heterocycles. The molecule has 132 valence electrons. The van der Waals surface area contributed by atoms with E-state index in [0.717, 1.165) is 52.2 Å². The summed E-state index contributed by atoms with van der Waals surface area (Å²) in [7, 11) is 0. The van der Waals surface area contributed by atoms with Gasteiger partial charge in [-0.1, -0.05) is 6.07 Å². The molecule has 1 aromatic rings. The molecule has 1 atom stereocenters. The lowest BCUT2D eigenvalue weighted by molar-refractivity contribution is -0.000957. The summed E-state index contributed by atoms with van der Waals surface area (Å²) in [5.41, 5.74) is 1.29. The molecule has 5 heteroatoms. The van der Waals surface area contributed by atoms with Gasteiger partial charge in [-0.05, 0) is 44.7 Å². The van der Waals surface area contributed by atoms with E-state index in [2.05, 4.69) is 11.8 Å². The number of benzene rings is 1. The molecule has 1 aromatic carbocycles. The highest BCUT2D eigenvalue weighted by molar-refractivity contribution is 5.96. The molecule has 2 heterocycles. The Morgan fingerprint density at radius 3 is 2.54 bits per heavy atom. The maximum atomic E-state index is 12.7. The van der Waals surface area contributed by atoms with Crippen LogP contribution in [0.1, 0.15) is 35.7 Å². The van der Waals surface area contributed by atoms with Crippen LogP contribution in [0.5, 0.6) is 5.75 Å².